The number of aromatic nitrogens is 2. The quantitative estimate of drug-likeness (QED) is 0.477. The summed E-state index contributed by atoms with van der Waals surface area (Å²) < 4.78 is 77.6. The second-order valence-electron chi connectivity index (χ2n) is 7.29. The first-order chi connectivity index (χ1) is 15.2. The molecule has 33 heavy (non-hydrogen) atoms. The minimum atomic E-state index is -4.69. The molecular weight excluding hydrogens is 478 g/mol. The van der Waals surface area contributed by atoms with Crippen molar-refractivity contribution in [1.82, 2.24) is 9.97 Å². The van der Waals surface area contributed by atoms with E-state index in [2.05, 4.69) is 15.3 Å². The van der Waals surface area contributed by atoms with Crippen molar-refractivity contribution in [3.8, 4) is 0 Å². The van der Waals surface area contributed by atoms with Gasteiger partial charge in [0.1, 0.15) is 6.54 Å². The lowest BCUT2D eigenvalue weighted by Crippen LogP contribution is -3.08. The van der Waals surface area contributed by atoms with E-state index in [1.807, 2.05) is 0 Å². The summed E-state index contributed by atoms with van der Waals surface area (Å²) in [6.07, 6.45) is -9.30. The monoisotopic (exact) mass is 493 g/mol. The molecule has 1 heterocycles. The highest BCUT2D eigenvalue weighted by Crippen LogP contribution is 2.36. The minimum absolute atomic E-state index is 0.0228. The zero-order valence-electron chi connectivity index (χ0n) is 16.8. The van der Waals surface area contributed by atoms with Crippen LogP contribution in [0.15, 0.2) is 41.2 Å². The number of hydrogen-bond acceptors (Lipinski definition) is 3. The Hall–Kier alpha value is -3.12. The summed E-state index contributed by atoms with van der Waals surface area (Å²) in [4.78, 5) is 31.4. The first-order valence-electron chi connectivity index (χ1n) is 9.32. The molecule has 3 rings (SSSR count). The van der Waals surface area contributed by atoms with E-state index >= 15 is 0 Å². The number of nitrogens with one attached hydrogen (secondary N) is 3. The van der Waals surface area contributed by atoms with E-state index in [-0.39, 0.29) is 35.5 Å². The predicted octanol–water partition coefficient (Wildman–Crippen LogP) is 3.27. The second-order valence-corrected chi connectivity index (χ2v) is 7.70. The lowest BCUT2D eigenvalue weighted by atomic mass is 10.1. The molecule has 0 aliphatic carbocycles. The maximum atomic E-state index is 13.0. The van der Waals surface area contributed by atoms with Crippen molar-refractivity contribution in [2.45, 2.75) is 18.9 Å². The SMILES string of the molecule is C[NH+](CC(=O)Nc1ccc(Cl)c(C(F)(F)F)c1)Cc1nc2cc(C(F)(F)F)ccc2c(=O)[nH]1. The summed E-state index contributed by atoms with van der Waals surface area (Å²) in [5, 5.41) is 1.79. The number of amides is 1. The van der Waals surface area contributed by atoms with Crippen LogP contribution in [0.3, 0.4) is 0 Å². The summed E-state index contributed by atoms with van der Waals surface area (Å²) >= 11 is 5.55. The molecule has 0 saturated heterocycles. The van der Waals surface area contributed by atoms with Crippen LogP contribution in [0.4, 0.5) is 32.0 Å². The summed E-state index contributed by atoms with van der Waals surface area (Å²) in [6.45, 7) is -0.266. The fraction of sp³-hybridized carbons (Fsp3) is 0.250. The molecule has 6 nitrogen and oxygen atoms in total. The highest BCUT2D eigenvalue weighted by atomic mass is 35.5. The van der Waals surface area contributed by atoms with E-state index in [9.17, 15) is 35.9 Å². The third-order valence-corrected chi connectivity index (χ3v) is 4.90. The average Bonchev–Trinajstić information content (AvgIpc) is 2.67. The van der Waals surface area contributed by atoms with E-state index in [1.165, 1.54) is 6.07 Å². The number of benzene rings is 2. The van der Waals surface area contributed by atoms with E-state index in [4.69, 9.17) is 11.6 Å². The van der Waals surface area contributed by atoms with E-state index < -0.39 is 40.0 Å². The molecule has 3 N–H and O–H groups in total. The van der Waals surface area contributed by atoms with Gasteiger partial charge >= 0.3 is 12.4 Å². The largest absolute Gasteiger partial charge is 0.417 e. The zero-order chi connectivity index (χ0) is 24.6. The molecule has 1 unspecified atom stereocenters. The molecule has 0 bridgehead atoms. The number of carbonyl (C=O) groups excluding carboxylic acids is 1. The molecule has 0 spiro atoms. The molecular formula is C20H16ClF6N4O2+. The van der Waals surface area contributed by atoms with Gasteiger partial charge < -0.3 is 15.2 Å². The molecule has 1 atom stereocenters. The Morgan fingerprint density at radius 3 is 2.42 bits per heavy atom. The first kappa shape index (κ1) is 24.5. The maximum absolute atomic E-state index is 13.0. The van der Waals surface area contributed by atoms with Gasteiger partial charge in [0.05, 0.1) is 34.1 Å². The summed E-state index contributed by atoms with van der Waals surface area (Å²) in [6, 6.07) is 5.49. The first-order valence-corrected chi connectivity index (χ1v) is 9.70. The number of rotatable bonds is 5. The number of halogens is 7. The fourth-order valence-electron chi connectivity index (χ4n) is 3.10. The number of alkyl halides is 6. The van der Waals surface area contributed by atoms with E-state index in [0.717, 1.165) is 24.3 Å². The molecule has 0 aliphatic rings. The van der Waals surface area contributed by atoms with Crippen LogP contribution in [-0.2, 0) is 23.7 Å². The minimum Gasteiger partial charge on any atom is -0.323 e. The number of hydrogen-bond donors (Lipinski definition) is 3. The average molecular weight is 494 g/mol. The standard InChI is InChI=1S/C20H15ClF6N4O2/c1-31(9-17(32)28-11-3-5-14(21)13(7-11)20(25,26)27)8-16-29-15-6-10(19(22,23)24)2-4-12(15)18(33)30-16/h2-7H,8-9H2,1H3,(H,28,32)(H,29,30,33)/p+1. The summed E-state index contributed by atoms with van der Waals surface area (Å²) in [5.74, 6) is -0.589. The number of H-pyrrole nitrogens is 1. The Morgan fingerprint density at radius 2 is 1.79 bits per heavy atom. The highest BCUT2D eigenvalue weighted by Gasteiger charge is 2.33. The Balaban J connectivity index is 1.72. The third-order valence-electron chi connectivity index (χ3n) is 4.57. The van der Waals surface area contributed by atoms with Crippen molar-refractivity contribution >= 4 is 34.1 Å². The van der Waals surface area contributed by atoms with Gasteiger partial charge in [0.15, 0.2) is 12.4 Å². The van der Waals surface area contributed by atoms with Crippen LogP contribution in [0.2, 0.25) is 5.02 Å². The van der Waals surface area contributed by atoms with Crippen LogP contribution < -0.4 is 15.8 Å². The van der Waals surface area contributed by atoms with Crippen molar-refractivity contribution in [3.05, 3.63) is 68.7 Å². The molecule has 0 aliphatic heterocycles. The van der Waals surface area contributed by atoms with Gasteiger partial charge in [0.25, 0.3) is 11.5 Å². The fourth-order valence-corrected chi connectivity index (χ4v) is 3.32. The number of carbonyl (C=O) groups is 1. The maximum Gasteiger partial charge on any atom is 0.417 e. The Labute approximate surface area is 187 Å². The molecule has 176 valence electrons. The lowest BCUT2D eigenvalue weighted by Gasteiger charge is -2.15. The summed E-state index contributed by atoms with van der Waals surface area (Å²) in [5.41, 5.74) is -2.95. The van der Waals surface area contributed by atoms with Gasteiger partial charge in [-0.05, 0) is 36.4 Å². The van der Waals surface area contributed by atoms with Gasteiger partial charge in [-0.25, -0.2) is 4.98 Å². The van der Waals surface area contributed by atoms with Gasteiger partial charge in [-0.3, -0.25) is 9.59 Å². The topological polar surface area (TPSA) is 79.3 Å². The normalized spacial score (nSPS) is 13.2. The van der Waals surface area contributed by atoms with Gasteiger partial charge in [0.2, 0.25) is 0 Å². The molecule has 0 radical (unpaired) electrons. The second kappa shape index (κ2) is 9.02. The molecule has 0 saturated carbocycles. The van der Waals surface area contributed by atoms with Crippen molar-refractivity contribution in [1.29, 1.82) is 0 Å². The third kappa shape index (κ3) is 6.02. The van der Waals surface area contributed by atoms with Crippen molar-refractivity contribution < 1.29 is 36.0 Å². The van der Waals surface area contributed by atoms with E-state index in [1.54, 1.807) is 7.05 Å². The van der Waals surface area contributed by atoms with Crippen LogP contribution in [-0.4, -0.2) is 29.5 Å². The number of quaternary nitrogens is 1. The molecule has 1 aromatic heterocycles. The Kier molecular flexibility index (Phi) is 6.70. The molecule has 13 heteroatoms. The van der Waals surface area contributed by atoms with Crippen LogP contribution in [0, 0.1) is 0 Å². The van der Waals surface area contributed by atoms with Gasteiger partial charge in [-0.1, -0.05) is 11.6 Å². The van der Waals surface area contributed by atoms with Gasteiger partial charge in [-0.2, -0.15) is 26.3 Å². The Morgan fingerprint density at radius 1 is 1.09 bits per heavy atom. The molecule has 3 aromatic rings. The smallest absolute Gasteiger partial charge is 0.323 e. The number of aromatic amines is 1. The molecule has 0 fully saturated rings. The number of anilines is 1. The molecule has 2 aromatic carbocycles. The molecule has 1 amide bonds. The van der Waals surface area contributed by atoms with Crippen LogP contribution in [0.5, 0.6) is 0 Å². The number of fused-ring (bicyclic) bond motifs is 1. The summed E-state index contributed by atoms with van der Waals surface area (Å²) in [7, 11) is 1.54. The van der Waals surface area contributed by atoms with Gasteiger partial charge in [0, 0.05) is 5.69 Å². The number of likely N-dealkylation sites (N-methyl/N-ethyl adjacent to an activating group) is 1. The highest BCUT2D eigenvalue weighted by molar-refractivity contribution is 6.31. The van der Waals surface area contributed by atoms with Crippen molar-refractivity contribution in [3.63, 3.8) is 0 Å². The number of nitrogens with zero attached hydrogens (tertiary/aromatic N) is 1. The van der Waals surface area contributed by atoms with Crippen LogP contribution >= 0.6 is 11.6 Å². The Bertz CT molecular complexity index is 1260. The van der Waals surface area contributed by atoms with Crippen molar-refractivity contribution in [2.75, 3.05) is 18.9 Å². The van der Waals surface area contributed by atoms with Gasteiger partial charge in [-0.15, -0.1) is 0 Å². The van der Waals surface area contributed by atoms with Crippen LogP contribution in [0.1, 0.15) is 17.0 Å². The van der Waals surface area contributed by atoms with Crippen molar-refractivity contribution in [2.24, 2.45) is 0 Å². The lowest BCUT2D eigenvalue weighted by molar-refractivity contribution is -0.885. The predicted molar refractivity (Wildman–Crippen MR) is 108 cm³/mol. The zero-order valence-corrected chi connectivity index (χ0v) is 17.5. The van der Waals surface area contributed by atoms with Crippen LogP contribution in [0.25, 0.3) is 10.9 Å². The van der Waals surface area contributed by atoms with E-state index in [0.29, 0.717) is 11.0 Å².